The monoisotopic (exact) mass is 352 g/mol. The molecule has 26 heavy (non-hydrogen) atoms. The molecule has 2 heterocycles. The minimum absolute atomic E-state index is 0.216. The Labute approximate surface area is 149 Å². The Kier molecular flexibility index (Phi) is 3.61. The van der Waals surface area contributed by atoms with E-state index in [1.54, 1.807) is 19.1 Å². The summed E-state index contributed by atoms with van der Waals surface area (Å²) in [6.07, 6.45) is 0. The second-order valence-electron chi connectivity index (χ2n) is 6.67. The molecule has 2 aromatic carbocycles. The van der Waals surface area contributed by atoms with Crippen LogP contribution in [0.25, 0.3) is 0 Å². The Bertz CT molecular complexity index is 972. The third-order valence-electron chi connectivity index (χ3n) is 4.79. The lowest BCUT2D eigenvalue weighted by Crippen LogP contribution is -2.40. The molecule has 2 amide bonds. The fraction of sp³-hybridized carbons (Fsp3) is 0.263. The van der Waals surface area contributed by atoms with E-state index in [0.29, 0.717) is 5.56 Å². The molecule has 0 bridgehead atoms. The van der Waals surface area contributed by atoms with Crippen molar-refractivity contribution in [3.05, 3.63) is 58.9 Å². The highest BCUT2D eigenvalue weighted by Crippen LogP contribution is 2.36. The molecule has 0 aromatic heterocycles. The zero-order valence-corrected chi connectivity index (χ0v) is 14.6. The molecule has 2 aliphatic rings. The van der Waals surface area contributed by atoms with Gasteiger partial charge < -0.3 is 0 Å². The van der Waals surface area contributed by atoms with E-state index in [0.717, 1.165) is 21.7 Å². The van der Waals surface area contributed by atoms with Crippen molar-refractivity contribution in [3.8, 4) is 0 Å². The third-order valence-corrected chi connectivity index (χ3v) is 4.79. The molecule has 2 aliphatic heterocycles. The van der Waals surface area contributed by atoms with Gasteiger partial charge in [0.2, 0.25) is 0 Å². The molecule has 6 nitrogen and oxygen atoms in total. The van der Waals surface area contributed by atoms with Crippen LogP contribution in [0.2, 0.25) is 0 Å². The van der Waals surface area contributed by atoms with Crippen LogP contribution in [0.5, 0.6) is 0 Å². The number of fused-ring (bicyclic) bond motifs is 1. The summed E-state index contributed by atoms with van der Waals surface area (Å²) in [4.78, 5) is 26.7. The number of hydrogen-bond acceptors (Lipinski definition) is 5. The Morgan fingerprint density at radius 3 is 2.42 bits per heavy atom. The van der Waals surface area contributed by atoms with Crippen molar-refractivity contribution in [2.75, 3.05) is 9.91 Å². The fourth-order valence-electron chi connectivity index (χ4n) is 3.40. The number of aryl methyl sites for hydroxylation is 3. The maximum Gasteiger partial charge on any atom is 0.263 e. The van der Waals surface area contributed by atoms with Crippen molar-refractivity contribution in [1.82, 2.24) is 0 Å². The van der Waals surface area contributed by atoms with E-state index in [4.69, 9.17) is 0 Å². The predicted octanol–water partition coefficient (Wildman–Crippen LogP) is 3.25. The number of imide groups is 1. The molecule has 0 spiro atoms. The highest BCUT2D eigenvalue weighted by Gasteiger charge is 2.55. The van der Waals surface area contributed by atoms with Gasteiger partial charge in [-0.3, -0.25) is 9.59 Å². The minimum atomic E-state index is -0.910. The lowest BCUT2D eigenvalue weighted by atomic mass is 10.1. The highest BCUT2D eigenvalue weighted by molar-refractivity contribution is 6.26. The number of halogens is 1. The normalized spacial score (nSPS) is 21.7. The molecular formula is C19H17FN4O2. The Hall–Kier alpha value is -3.09. The first-order chi connectivity index (χ1) is 12.4. The Balaban J connectivity index is 1.72. The average molecular weight is 352 g/mol. The van der Waals surface area contributed by atoms with Crippen LogP contribution in [0.4, 0.5) is 15.8 Å². The van der Waals surface area contributed by atoms with E-state index in [1.807, 2.05) is 32.0 Å². The van der Waals surface area contributed by atoms with Gasteiger partial charge in [0.15, 0.2) is 12.1 Å². The molecule has 7 heteroatoms. The topological polar surface area (TPSA) is 65.3 Å². The summed E-state index contributed by atoms with van der Waals surface area (Å²) in [6.45, 7) is 5.51. The molecule has 132 valence electrons. The van der Waals surface area contributed by atoms with Gasteiger partial charge in [-0.2, -0.15) is 5.11 Å². The lowest BCUT2D eigenvalue weighted by Gasteiger charge is -2.22. The van der Waals surface area contributed by atoms with Gasteiger partial charge in [0.1, 0.15) is 5.82 Å². The van der Waals surface area contributed by atoms with E-state index in [2.05, 4.69) is 10.3 Å². The van der Waals surface area contributed by atoms with Crippen molar-refractivity contribution in [3.63, 3.8) is 0 Å². The molecular weight excluding hydrogens is 335 g/mol. The largest absolute Gasteiger partial charge is 0.271 e. The maximum absolute atomic E-state index is 13.9. The molecule has 2 aromatic rings. The van der Waals surface area contributed by atoms with E-state index < -0.39 is 29.7 Å². The van der Waals surface area contributed by atoms with Crippen LogP contribution in [0, 0.1) is 26.6 Å². The van der Waals surface area contributed by atoms with Crippen molar-refractivity contribution in [2.45, 2.75) is 32.9 Å². The molecule has 0 N–H and O–H groups in total. The molecule has 2 atom stereocenters. The SMILES string of the molecule is Cc1ccc(N2N=NC3C(=O)N(c4ccc(C)c(F)c4)C(=O)C32)c(C)c1. The summed E-state index contributed by atoms with van der Waals surface area (Å²) in [5.74, 6) is -1.40. The summed E-state index contributed by atoms with van der Waals surface area (Å²) < 4.78 is 13.9. The van der Waals surface area contributed by atoms with Gasteiger partial charge in [-0.25, -0.2) is 14.3 Å². The number of amides is 2. The molecule has 2 unspecified atom stereocenters. The van der Waals surface area contributed by atoms with E-state index in [-0.39, 0.29) is 5.69 Å². The van der Waals surface area contributed by atoms with Crippen LogP contribution in [-0.2, 0) is 9.59 Å². The number of hydrogen-bond donors (Lipinski definition) is 0. The second-order valence-corrected chi connectivity index (χ2v) is 6.67. The zero-order valence-electron chi connectivity index (χ0n) is 14.6. The van der Waals surface area contributed by atoms with Gasteiger partial charge in [0, 0.05) is 0 Å². The lowest BCUT2D eigenvalue weighted by molar-refractivity contribution is -0.121. The van der Waals surface area contributed by atoms with Crippen LogP contribution in [-0.4, -0.2) is 23.9 Å². The number of benzene rings is 2. The first-order valence-electron chi connectivity index (χ1n) is 8.29. The summed E-state index contributed by atoms with van der Waals surface area (Å²) in [7, 11) is 0. The maximum atomic E-state index is 13.9. The Morgan fingerprint density at radius 2 is 1.73 bits per heavy atom. The van der Waals surface area contributed by atoms with Crippen molar-refractivity contribution < 1.29 is 14.0 Å². The standard InChI is InChI=1S/C19H17FN4O2/c1-10-4-7-15(12(3)8-10)24-17-16(21-22-24)18(25)23(19(17)26)13-6-5-11(2)14(20)9-13/h4-9,16-17H,1-3H3. The number of rotatable bonds is 2. The van der Waals surface area contributed by atoms with Crippen LogP contribution in [0.15, 0.2) is 46.7 Å². The third kappa shape index (κ3) is 2.31. The summed E-state index contributed by atoms with van der Waals surface area (Å²) in [5, 5.41) is 9.56. The number of carbonyl (C=O) groups is 2. The van der Waals surface area contributed by atoms with Gasteiger partial charge >= 0.3 is 0 Å². The van der Waals surface area contributed by atoms with E-state index in [9.17, 15) is 14.0 Å². The molecule has 1 fully saturated rings. The van der Waals surface area contributed by atoms with E-state index >= 15 is 0 Å². The Morgan fingerprint density at radius 1 is 0.962 bits per heavy atom. The van der Waals surface area contributed by atoms with Crippen LogP contribution in [0.3, 0.4) is 0 Å². The van der Waals surface area contributed by atoms with Gasteiger partial charge in [0.05, 0.1) is 11.4 Å². The smallest absolute Gasteiger partial charge is 0.263 e. The van der Waals surface area contributed by atoms with Gasteiger partial charge in [-0.1, -0.05) is 29.0 Å². The average Bonchev–Trinajstić information content (AvgIpc) is 3.12. The zero-order chi connectivity index (χ0) is 18.6. The van der Waals surface area contributed by atoms with Crippen molar-refractivity contribution in [2.24, 2.45) is 10.3 Å². The first-order valence-corrected chi connectivity index (χ1v) is 8.29. The van der Waals surface area contributed by atoms with E-state index in [1.165, 1.54) is 11.1 Å². The summed E-state index contributed by atoms with van der Waals surface area (Å²) >= 11 is 0. The first kappa shape index (κ1) is 16.4. The molecule has 0 aliphatic carbocycles. The molecule has 1 saturated heterocycles. The molecule has 4 rings (SSSR count). The second kappa shape index (κ2) is 5.72. The van der Waals surface area contributed by atoms with Crippen LogP contribution < -0.4 is 9.91 Å². The predicted molar refractivity (Wildman–Crippen MR) is 94.5 cm³/mol. The number of nitrogens with zero attached hydrogens (tertiary/aromatic N) is 4. The summed E-state index contributed by atoms with van der Waals surface area (Å²) in [5.41, 5.74) is 3.41. The van der Waals surface area contributed by atoms with Gasteiger partial charge in [-0.05, 0) is 50.1 Å². The van der Waals surface area contributed by atoms with Crippen LogP contribution in [0.1, 0.15) is 16.7 Å². The number of anilines is 2. The molecule has 0 saturated carbocycles. The van der Waals surface area contributed by atoms with Crippen molar-refractivity contribution >= 4 is 23.2 Å². The van der Waals surface area contributed by atoms with Gasteiger partial charge in [0.25, 0.3) is 11.8 Å². The van der Waals surface area contributed by atoms with Gasteiger partial charge in [-0.15, -0.1) is 0 Å². The van der Waals surface area contributed by atoms with Crippen LogP contribution >= 0.6 is 0 Å². The molecule has 0 radical (unpaired) electrons. The number of carbonyl (C=O) groups excluding carboxylic acids is 2. The fourth-order valence-corrected chi connectivity index (χ4v) is 3.40. The quantitative estimate of drug-likeness (QED) is 0.780. The minimum Gasteiger partial charge on any atom is -0.271 e. The summed E-state index contributed by atoms with van der Waals surface area (Å²) in [6, 6.07) is 8.31. The highest BCUT2D eigenvalue weighted by atomic mass is 19.1. The van der Waals surface area contributed by atoms with Crippen molar-refractivity contribution in [1.29, 1.82) is 0 Å².